The van der Waals surface area contributed by atoms with Gasteiger partial charge in [-0.05, 0) is 48.4 Å². The van der Waals surface area contributed by atoms with E-state index in [1.807, 2.05) is 12.2 Å². The Morgan fingerprint density at radius 2 is 2.07 bits per heavy atom. The highest BCUT2D eigenvalue weighted by molar-refractivity contribution is 6.04. The van der Waals surface area contributed by atoms with Crippen LogP contribution in [-0.2, 0) is 16.0 Å². The van der Waals surface area contributed by atoms with Gasteiger partial charge in [0, 0.05) is 12.1 Å². The monoisotopic (exact) mass is 371 g/mol. The van der Waals surface area contributed by atoms with E-state index in [4.69, 9.17) is 4.74 Å². The van der Waals surface area contributed by atoms with Gasteiger partial charge >= 0.3 is 5.97 Å². The number of ether oxygens (including phenoxy) is 1. The number of hydrogen-bond donors (Lipinski definition) is 0. The highest BCUT2D eigenvalue weighted by Crippen LogP contribution is 2.61. The molecule has 0 N–H and O–H groups in total. The van der Waals surface area contributed by atoms with Crippen molar-refractivity contribution in [2.45, 2.75) is 37.8 Å². The van der Waals surface area contributed by atoms with E-state index in [0.717, 1.165) is 37.1 Å². The van der Waals surface area contributed by atoms with Crippen LogP contribution in [0.3, 0.4) is 0 Å². The Labute approximate surface area is 166 Å². The lowest BCUT2D eigenvalue weighted by Gasteiger charge is -2.58. The molecular weight excluding hydrogens is 346 g/mol. The van der Waals surface area contributed by atoms with Crippen LogP contribution >= 0.6 is 0 Å². The van der Waals surface area contributed by atoms with Gasteiger partial charge in [0.1, 0.15) is 5.41 Å². The first kappa shape index (κ1) is 16.6. The van der Waals surface area contributed by atoms with Crippen LogP contribution < -0.4 is 0 Å². The first-order valence-corrected chi connectivity index (χ1v) is 10.5. The molecule has 0 radical (unpaired) electrons. The summed E-state index contributed by atoms with van der Waals surface area (Å²) in [5, 5.41) is 0. The molecule has 28 heavy (non-hydrogen) atoms. The van der Waals surface area contributed by atoms with Gasteiger partial charge in [-0.1, -0.05) is 67.6 Å². The average Bonchev–Trinajstić information content (AvgIpc) is 3.13. The number of allylic oxidation sites excluding steroid dienone is 5. The second-order valence-corrected chi connectivity index (χ2v) is 9.01. The molecule has 3 fully saturated rings. The van der Waals surface area contributed by atoms with Crippen LogP contribution in [0.1, 0.15) is 30.9 Å². The molecule has 6 rings (SSSR count). The van der Waals surface area contributed by atoms with E-state index in [9.17, 15) is 4.79 Å². The van der Waals surface area contributed by atoms with Crippen LogP contribution in [0.2, 0.25) is 0 Å². The minimum Gasteiger partial charge on any atom is -0.450 e. The van der Waals surface area contributed by atoms with Crippen LogP contribution in [0.4, 0.5) is 0 Å². The fourth-order valence-corrected chi connectivity index (χ4v) is 6.12. The van der Waals surface area contributed by atoms with Crippen molar-refractivity contribution in [2.24, 2.45) is 11.3 Å². The molecule has 5 aliphatic rings. The molecule has 0 saturated carbocycles. The smallest absolute Gasteiger partial charge is 0.325 e. The van der Waals surface area contributed by atoms with Gasteiger partial charge in [0.05, 0.1) is 6.04 Å². The lowest BCUT2D eigenvalue weighted by molar-refractivity contribution is -0.183. The number of piperidine rings is 1. The van der Waals surface area contributed by atoms with Crippen molar-refractivity contribution in [2.75, 3.05) is 13.1 Å². The van der Waals surface area contributed by atoms with Crippen molar-refractivity contribution >= 4 is 11.5 Å². The van der Waals surface area contributed by atoms with Crippen molar-refractivity contribution in [3.05, 3.63) is 77.4 Å². The van der Waals surface area contributed by atoms with Crippen molar-refractivity contribution in [1.29, 1.82) is 0 Å². The van der Waals surface area contributed by atoms with Gasteiger partial charge in [-0.2, -0.15) is 0 Å². The van der Waals surface area contributed by atoms with Gasteiger partial charge < -0.3 is 4.74 Å². The molecule has 3 heterocycles. The van der Waals surface area contributed by atoms with E-state index < -0.39 is 11.0 Å². The Morgan fingerprint density at radius 3 is 3.00 bits per heavy atom. The number of benzene rings is 1. The van der Waals surface area contributed by atoms with E-state index >= 15 is 0 Å². The molecule has 3 saturated heterocycles. The Bertz CT molecular complexity index is 1000. The Balaban J connectivity index is 1.51. The molecule has 0 aromatic heterocycles. The third kappa shape index (κ3) is 1.90. The van der Waals surface area contributed by atoms with E-state index in [1.54, 1.807) is 0 Å². The molecule has 142 valence electrons. The fraction of sp³-hybridized carbons (Fsp3) is 0.400. The molecule has 3 nitrogen and oxygen atoms in total. The van der Waals surface area contributed by atoms with Crippen LogP contribution in [0.25, 0.3) is 5.57 Å². The maximum absolute atomic E-state index is 13.6. The number of carbonyl (C=O) groups is 1. The van der Waals surface area contributed by atoms with Crippen molar-refractivity contribution < 1.29 is 9.53 Å². The predicted molar refractivity (Wildman–Crippen MR) is 110 cm³/mol. The maximum atomic E-state index is 13.6. The van der Waals surface area contributed by atoms with Crippen molar-refractivity contribution in [1.82, 2.24) is 4.90 Å². The zero-order chi connectivity index (χ0) is 18.9. The van der Waals surface area contributed by atoms with Gasteiger partial charge in [-0.15, -0.1) is 0 Å². The van der Waals surface area contributed by atoms with E-state index in [0.29, 0.717) is 12.0 Å². The number of nitrogens with zero attached hydrogens (tertiary/aromatic N) is 1. The summed E-state index contributed by atoms with van der Waals surface area (Å²) in [4.78, 5) is 16.2. The maximum Gasteiger partial charge on any atom is 0.325 e. The molecule has 1 aromatic carbocycles. The Kier molecular flexibility index (Phi) is 3.30. The van der Waals surface area contributed by atoms with Crippen molar-refractivity contribution in [3.63, 3.8) is 0 Å². The number of hydrogen-bond acceptors (Lipinski definition) is 3. The lowest BCUT2D eigenvalue weighted by Crippen LogP contribution is -2.72. The third-order valence-electron chi connectivity index (χ3n) is 7.52. The molecule has 1 spiro atoms. The predicted octanol–water partition coefficient (Wildman–Crippen LogP) is 4.07. The Morgan fingerprint density at radius 1 is 1.18 bits per heavy atom. The molecule has 0 bridgehead atoms. The van der Waals surface area contributed by atoms with E-state index in [-0.39, 0.29) is 5.97 Å². The van der Waals surface area contributed by atoms with Crippen LogP contribution in [0.15, 0.2) is 66.3 Å². The summed E-state index contributed by atoms with van der Waals surface area (Å²) >= 11 is 0. The second kappa shape index (κ2) is 5.57. The number of fused-ring (bicyclic) bond motifs is 5. The van der Waals surface area contributed by atoms with Gasteiger partial charge in [0.25, 0.3) is 0 Å². The van der Waals surface area contributed by atoms with Crippen LogP contribution in [-0.4, -0.2) is 35.6 Å². The molecule has 3 heteroatoms. The highest BCUT2D eigenvalue weighted by Gasteiger charge is 2.70. The molecule has 1 aromatic rings. The topological polar surface area (TPSA) is 29.5 Å². The lowest BCUT2D eigenvalue weighted by atomic mass is 9.62. The second-order valence-electron chi connectivity index (χ2n) is 9.01. The molecule has 0 unspecified atom stereocenters. The van der Waals surface area contributed by atoms with Gasteiger partial charge in [-0.25, -0.2) is 0 Å². The summed E-state index contributed by atoms with van der Waals surface area (Å²) in [5.74, 6) is 0.579. The standard InChI is InChI=1S/C25H25NO2/c1-17-12-14-26-16-25(22(26)15-17)21-9-3-2-6-13-24(21,23(27)28-25)20-11-10-18-7-4-5-8-19(18)20/h2-9,11,13,17,22H,10,12,14-16H2,1H3/t17-,22+,24+,25-/m1/s1. The Hall–Kier alpha value is -2.39. The molecule has 4 atom stereocenters. The summed E-state index contributed by atoms with van der Waals surface area (Å²) in [7, 11) is 0. The normalized spacial score (nSPS) is 38.1. The van der Waals surface area contributed by atoms with Gasteiger partial charge in [-0.3, -0.25) is 9.69 Å². The zero-order valence-electron chi connectivity index (χ0n) is 16.2. The van der Waals surface area contributed by atoms with Crippen molar-refractivity contribution in [3.8, 4) is 0 Å². The first-order valence-electron chi connectivity index (χ1n) is 10.5. The minimum atomic E-state index is -0.789. The SMILES string of the molecule is C[C@@H]1CCN2C[C@]3(OC(=O)[C@]4(C5=CCc6ccccc65)C=CC=CC=C43)[C@@H]2C1. The summed E-state index contributed by atoms with van der Waals surface area (Å²) < 4.78 is 6.36. The van der Waals surface area contributed by atoms with Crippen LogP contribution in [0, 0.1) is 11.3 Å². The number of carbonyl (C=O) groups excluding carboxylic acids is 1. The summed E-state index contributed by atoms with van der Waals surface area (Å²) in [6, 6.07) is 8.78. The highest BCUT2D eigenvalue weighted by atomic mass is 16.6. The number of esters is 1. The molecule has 0 amide bonds. The quantitative estimate of drug-likeness (QED) is 0.697. The number of rotatable bonds is 1. The van der Waals surface area contributed by atoms with Gasteiger partial charge in [0.2, 0.25) is 0 Å². The summed E-state index contributed by atoms with van der Waals surface area (Å²) in [6.45, 7) is 4.27. The van der Waals surface area contributed by atoms with Crippen LogP contribution in [0.5, 0.6) is 0 Å². The largest absolute Gasteiger partial charge is 0.450 e. The molecule has 3 aliphatic heterocycles. The van der Waals surface area contributed by atoms with E-state index in [2.05, 4.69) is 60.4 Å². The molecular formula is C25H25NO2. The van der Waals surface area contributed by atoms with Gasteiger partial charge in [0.15, 0.2) is 5.60 Å². The average molecular weight is 371 g/mol. The zero-order valence-corrected chi connectivity index (χ0v) is 16.2. The minimum absolute atomic E-state index is 0.0977. The summed E-state index contributed by atoms with van der Waals surface area (Å²) in [5.41, 5.74) is 3.49. The third-order valence-corrected chi connectivity index (χ3v) is 7.52. The molecule has 2 aliphatic carbocycles. The fourth-order valence-electron chi connectivity index (χ4n) is 6.12. The van der Waals surface area contributed by atoms with E-state index in [1.165, 1.54) is 17.5 Å². The summed E-state index contributed by atoms with van der Waals surface area (Å²) in [6.07, 6.45) is 15.9. The first-order chi connectivity index (χ1) is 13.6.